The van der Waals surface area contributed by atoms with Gasteiger partial charge in [-0.3, -0.25) is 4.79 Å². The summed E-state index contributed by atoms with van der Waals surface area (Å²) in [6.45, 7) is 2.87. The van der Waals surface area contributed by atoms with Gasteiger partial charge in [0.2, 0.25) is 0 Å². The molecule has 6 nitrogen and oxygen atoms in total. The van der Waals surface area contributed by atoms with Gasteiger partial charge in [-0.2, -0.15) is 0 Å². The molecule has 0 aliphatic carbocycles. The molecule has 2 rings (SSSR count). The number of aromatic nitrogens is 3. The first-order valence-electron chi connectivity index (χ1n) is 6.76. The maximum atomic E-state index is 11.8. The van der Waals surface area contributed by atoms with Crippen molar-refractivity contribution in [3.05, 3.63) is 40.6 Å². The van der Waals surface area contributed by atoms with Crippen LogP contribution in [0.3, 0.4) is 0 Å². The van der Waals surface area contributed by atoms with E-state index in [9.17, 15) is 4.79 Å². The molecule has 2 aromatic heterocycles. The molecule has 0 atom stereocenters. The van der Waals surface area contributed by atoms with Crippen LogP contribution in [-0.4, -0.2) is 41.6 Å². The number of hydrogen-bond acceptors (Lipinski definition) is 4. The molecule has 0 aliphatic rings. The van der Waals surface area contributed by atoms with Crippen LogP contribution in [-0.2, 0) is 16.5 Å². The zero-order chi connectivity index (χ0) is 15.4. The molecule has 0 bridgehead atoms. The molecule has 2 aromatic rings. The molecule has 6 heteroatoms. The van der Waals surface area contributed by atoms with E-state index in [1.165, 1.54) is 0 Å². The van der Waals surface area contributed by atoms with Crippen LogP contribution in [0.25, 0.3) is 11.4 Å². The second-order valence-corrected chi connectivity index (χ2v) is 5.05. The highest BCUT2D eigenvalue weighted by atomic mass is 16.5. The maximum absolute atomic E-state index is 11.8. The predicted octanol–water partition coefficient (Wildman–Crippen LogP) is 1.39. The SMILES string of the molecule is COCC(COC)n1ccnc1-c1cc(C)c(=O)n(C)c1. The molecule has 0 N–H and O–H groups in total. The van der Waals surface area contributed by atoms with E-state index >= 15 is 0 Å². The Morgan fingerprint density at radius 3 is 2.52 bits per heavy atom. The van der Waals surface area contributed by atoms with Gasteiger partial charge in [-0.1, -0.05) is 0 Å². The van der Waals surface area contributed by atoms with Crippen LogP contribution in [0.4, 0.5) is 0 Å². The lowest BCUT2D eigenvalue weighted by atomic mass is 10.2. The standard InChI is InChI=1S/C15H21N3O3/c1-11-7-12(8-17(2)15(11)19)14-16-5-6-18(14)13(9-20-3)10-21-4/h5-8,13H,9-10H2,1-4H3. The Bertz CT molecular complexity index is 628. The molecule has 0 aromatic carbocycles. The number of methoxy groups -OCH3 is 2. The molecule has 0 spiro atoms. The van der Waals surface area contributed by atoms with Gasteiger partial charge in [-0.15, -0.1) is 0 Å². The molecule has 0 saturated carbocycles. The van der Waals surface area contributed by atoms with Crippen molar-refractivity contribution in [1.29, 1.82) is 0 Å². The van der Waals surface area contributed by atoms with E-state index in [1.807, 2.05) is 16.8 Å². The Kier molecular flexibility index (Phi) is 4.93. The van der Waals surface area contributed by atoms with Gasteiger partial charge >= 0.3 is 0 Å². The van der Waals surface area contributed by atoms with E-state index in [1.54, 1.807) is 45.2 Å². The van der Waals surface area contributed by atoms with E-state index in [2.05, 4.69) is 4.98 Å². The van der Waals surface area contributed by atoms with Gasteiger partial charge in [-0.05, 0) is 13.0 Å². The molecule has 21 heavy (non-hydrogen) atoms. The molecule has 114 valence electrons. The third-order valence-electron chi connectivity index (χ3n) is 3.40. The van der Waals surface area contributed by atoms with Gasteiger partial charge in [0.1, 0.15) is 5.82 Å². The minimum atomic E-state index is 0.00203. The lowest BCUT2D eigenvalue weighted by Gasteiger charge is -2.19. The summed E-state index contributed by atoms with van der Waals surface area (Å²) in [5.74, 6) is 0.799. The lowest BCUT2D eigenvalue weighted by Crippen LogP contribution is -2.21. The van der Waals surface area contributed by atoms with E-state index in [4.69, 9.17) is 9.47 Å². The third kappa shape index (κ3) is 3.22. The number of hydrogen-bond donors (Lipinski definition) is 0. The van der Waals surface area contributed by atoms with E-state index in [-0.39, 0.29) is 11.6 Å². The van der Waals surface area contributed by atoms with Crippen molar-refractivity contribution in [2.24, 2.45) is 7.05 Å². The van der Waals surface area contributed by atoms with E-state index in [0.29, 0.717) is 18.8 Å². The maximum Gasteiger partial charge on any atom is 0.253 e. The summed E-state index contributed by atoms with van der Waals surface area (Å²) in [7, 11) is 5.07. The zero-order valence-electron chi connectivity index (χ0n) is 12.9. The Balaban J connectivity index is 2.46. The summed E-state index contributed by atoms with van der Waals surface area (Å²) in [5.41, 5.74) is 1.60. The Labute approximate surface area is 124 Å². The van der Waals surface area contributed by atoms with Gasteiger partial charge in [0.25, 0.3) is 5.56 Å². The summed E-state index contributed by atoms with van der Waals surface area (Å²) in [6.07, 6.45) is 5.44. The van der Waals surface area contributed by atoms with Crippen LogP contribution in [0, 0.1) is 6.92 Å². The first-order valence-corrected chi connectivity index (χ1v) is 6.76. The zero-order valence-corrected chi connectivity index (χ0v) is 12.9. The van der Waals surface area contributed by atoms with Crippen molar-refractivity contribution in [3.8, 4) is 11.4 Å². The largest absolute Gasteiger partial charge is 0.382 e. The minimum Gasteiger partial charge on any atom is -0.382 e. The number of pyridine rings is 1. The second-order valence-electron chi connectivity index (χ2n) is 5.05. The fourth-order valence-corrected chi connectivity index (χ4v) is 2.42. The molecule has 0 amide bonds. The average Bonchev–Trinajstić information content (AvgIpc) is 2.93. The van der Waals surface area contributed by atoms with Gasteiger partial charge in [0.05, 0.1) is 19.3 Å². The first-order chi connectivity index (χ1) is 10.1. The van der Waals surface area contributed by atoms with Crippen LogP contribution in [0.5, 0.6) is 0 Å². The second kappa shape index (κ2) is 6.69. The van der Waals surface area contributed by atoms with Crippen LogP contribution in [0.1, 0.15) is 11.6 Å². The minimum absolute atomic E-state index is 0.00203. The van der Waals surface area contributed by atoms with Crippen LogP contribution >= 0.6 is 0 Å². The summed E-state index contributed by atoms with van der Waals surface area (Å²) in [5, 5.41) is 0. The molecular weight excluding hydrogens is 270 g/mol. The molecule has 0 radical (unpaired) electrons. The Morgan fingerprint density at radius 1 is 1.29 bits per heavy atom. The molecule has 0 aliphatic heterocycles. The highest BCUT2D eigenvalue weighted by Gasteiger charge is 2.16. The van der Waals surface area contributed by atoms with Crippen LogP contribution in [0.2, 0.25) is 0 Å². The van der Waals surface area contributed by atoms with Crippen molar-refractivity contribution >= 4 is 0 Å². The molecule has 0 unspecified atom stereocenters. The predicted molar refractivity (Wildman–Crippen MR) is 80.4 cm³/mol. The van der Waals surface area contributed by atoms with Gasteiger partial charge in [0.15, 0.2) is 0 Å². The average molecular weight is 291 g/mol. The molecule has 2 heterocycles. The van der Waals surface area contributed by atoms with Crippen molar-refractivity contribution in [3.63, 3.8) is 0 Å². The number of imidazole rings is 1. The van der Waals surface area contributed by atoms with Gasteiger partial charge in [0, 0.05) is 51.0 Å². The molecule has 0 fully saturated rings. The Hall–Kier alpha value is -1.92. The first kappa shape index (κ1) is 15.5. The summed E-state index contributed by atoms with van der Waals surface area (Å²) in [4.78, 5) is 16.2. The molecular formula is C15H21N3O3. The Morgan fingerprint density at radius 2 is 1.95 bits per heavy atom. The van der Waals surface area contributed by atoms with E-state index in [0.717, 1.165) is 11.4 Å². The summed E-state index contributed by atoms with van der Waals surface area (Å²) >= 11 is 0. The monoisotopic (exact) mass is 291 g/mol. The fourth-order valence-electron chi connectivity index (χ4n) is 2.42. The number of rotatable bonds is 6. The van der Waals surface area contributed by atoms with Gasteiger partial charge < -0.3 is 18.6 Å². The lowest BCUT2D eigenvalue weighted by molar-refractivity contribution is 0.0901. The number of ether oxygens (including phenoxy) is 2. The fraction of sp³-hybridized carbons (Fsp3) is 0.467. The normalized spacial score (nSPS) is 11.3. The highest BCUT2D eigenvalue weighted by molar-refractivity contribution is 5.55. The summed E-state index contributed by atoms with van der Waals surface area (Å²) in [6, 6.07) is 1.90. The topological polar surface area (TPSA) is 58.3 Å². The smallest absolute Gasteiger partial charge is 0.253 e. The summed E-state index contributed by atoms with van der Waals surface area (Å²) < 4.78 is 14.1. The van der Waals surface area contributed by atoms with Crippen molar-refractivity contribution in [2.45, 2.75) is 13.0 Å². The third-order valence-corrected chi connectivity index (χ3v) is 3.40. The number of nitrogens with zero attached hydrogens (tertiary/aromatic N) is 3. The van der Waals surface area contributed by atoms with Crippen molar-refractivity contribution < 1.29 is 9.47 Å². The van der Waals surface area contributed by atoms with E-state index < -0.39 is 0 Å². The van der Waals surface area contributed by atoms with Crippen molar-refractivity contribution in [2.75, 3.05) is 27.4 Å². The van der Waals surface area contributed by atoms with Gasteiger partial charge in [-0.25, -0.2) is 4.98 Å². The van der Waals surface area contributed by atoms with Crippen LogP contribution in [0.15, 0.2) is 29.5 Å². The van der Waals surface area contributed by atoms with Crippen LogP contribution < -0.4 is 5.56 Å². The quantitative estimate of drug-likeness (QED) is 0.807. The van der Waals surface area contributed by atoms with Crippen molar-refractivity contribution in [1.82, 2.24) is 14.1 Å². The molecule has 0 saturated heterocycles. The highest BCUT2D eigenvalue weighted by Crippen LogP contribution is 2.21. The number of aryl methyl sites for hydroxylation is 2.